The van der Waals surface area contributed by atoms with Gasteiger partial charge < -0.3 is 20.5 Å². The Hall–Kier alpha value is -3.13. The number of non-ortho nitro benzene ring substituents is 1. The van der Waals surface area contributed by atoms with Crippen molar-refractivity contribution in [2.24, 2.45) is 0 Å². The normalized spacial score (nSPS) is 11.5. The topological polar surface area (TPSA) is 114 Å². The van der Waals surface area contributed by atoms with Gasteiger partial charge in [-0.05, 0) is 19.1 Å². The molecule has 0 bridgehead atoms. The van der Waals surface area contributed by atoms with Crippen LogP contribution in [0, 0.1) is 10.1 Å². The smallest absolute Gasteiger partial charge is 0.273 e. The number of nitrogens with one attached hydrogen (secondary N) is 2. The number of hydrogen-bond donors (Lipinski definition) is 3. The molecule has 2 rings (SSSR count). The highest BCUT2D eigenvalue weighted by atomic mass is 16.6. The monoisotopic (exact) mass is 345 g/mol. The van der Waals surface area contributed by atoms with Crippen LogP contribution in [0.4, 0.5) is 17.1 Å². The Morgan fingerprint density at radius 3 is 2.64 bits per heavy atom. The minimum atomic E-state index is -0.604. The predicted octanol–water partition coefficient (Wildman–Crippen LogP) is 2.53. The summed E-state index contributed by atoms with van der Waals surface area (Å²) in [6.07, 6.45) is 0. The summed E-state index contributed by atoms with van der Waals surface area (Å²) in [6.45, 7) is 1.52. The van der Waals surface area contributed by atoms with E-state index in [0.717, 1.165) is 0 Å². The van der Waals surface area contributed by atoms with Crippen LogP contribution in [-0.2, 0) is 11.4 Å². The van der Waals surface area contributed by atoms with Gasteiger partial charge in [0.1, 0.15) is 11.8 Å². The maximum Gasteiger partial charge on any atom is 0.273 e. The molecule has 0 radical (unpaired) electrons. The summed E-state index contributed by atoms with van der Waals surface area (Å²) >= 11 is 0. The average molecular weight is 345 g/mol. The molecule has 1 unspecified atom stereocenters. The molecule has 0 saturated carbocycles. The van der Waals surface area contributed by atoms with E-state index < -0.39 is 11.0 Å². The molecule has 8 nitrogen and oxygen atoms in total. The molecule has 25 heavy (non-hydrogen) atoms. The first-order chi connectivity index (χ1) is 12.0. The maximum absolute atomic E-state index is 12.4. The van der Waals surface area contributed by atoms with Gasteiger partial charge in [-0.3, -0.25) is 14.9 Å². The van der Waals surface area contributed by atoms with Gasteiger partial charge in [0.05, 0.1) is 30.4 Å². The first-order valence-electron chi connectivity index (χ1n) is 7.55. The van der Waals surface area contributed by atoms with Crippen LogP contribution < -0.4 is 15.4 Å². The van der Waals surface area contributed by atoms with Gasteiger partial charge in [0.2, 0.25) is 5.91 Å². The number of amides is 1. The molecule has 0 heterocycles. The molecular formula is C17H19N3O5. The molecule has 1 amide bonds. The Morgan fingerprint density at radius 1 is 1.28 bits per heavy atom. The third-order valence-electron chi connectivity index (χ3n) is 3.61. The molecule has 3 N–H and O–H groups in total. The van der Waals surface area contributed by atoms with E-state index in [1.807, 2.05) is 0 Å². The Labute approximate surface area is 144 Å². The van der Waals surface area contributed by atoms with Crippen LogP contribution >= 0.6 is 0 Å². The summed E-state index contributed by atoms with van der Waals surface area (Å²) < 4.78 is 5.10. The van der Waals surface area contributed by atoms with Crippen LogP contribution in [0.5, 0.6) is 5.75 Å². The molecule has 1 atom stereocenters. The molecule has 2 aromatic rings. The number of para-hydroxylation sites is 1. The number of carbonyl (C=O) groups excluding carboxylic acids is 1. The molecule has 2 aromatic carbocycles. The number of carbonyl (C=O) groups is 1. The van der Waals surface area contributed by atoms with Gasteiger partial charge in [0.25, 0.3) is 5.69 Å². The van der Waals surface area contributed by atoms with Gasteiger partial charge in [0, 0.05) is 17.3 Å². The summed E-state index contributed by atoms with van der Waals surface area (Å²) in [5.41, 5.74) is 1.54. The number of aliphatic hydroxyl groups is 1. The minimum Gasteiger partial charge on any atom is -0.494 e. The van der Waals surface area contributed by atoms with Gasteiger partial charge in [-0.2, -0.15) is 0 Å². The van der Waals surface area contributed by atoms with Crippen molar-refractivity contribution in [1.29, 1.82) is 0 Å². The van der Waals surface area contributed by atoms with E-state index in [9.17, 15) is 20.0 Å². The van der Waals surface area contributed by atoms with Gasteiger partial charge in [-0.15, -0.1) is 0 Å². The molecular weight excluding hydrogens is 326 g/mol. The summed E-state index contributed by atoms with van der Waals surface area (Å²) in [5.74, 6) is -0.148. The zero-order chi connectivity index (χ0) is 18.4. The third kappa shape index (κ3) is 4.45. The van der Waals surface area contributed by atoms with Crippen LogP contribution in [-0.4, -0.2) is 29.1 Å². The van der Waals surface area contributed by atoms with Crippen molar-refractivity contribution in [1.82, 2.24) is 0 Å². The zero-order valence-corrected chi connectivity index (χ0v) is 13.9. The van der Waals surface area contributed by atoms with E-state index in [-0.39, 0.29) is 24.0 Å². The van der Waals surface area contributed by atoms with Crippen LogP contribution in [0.3, 0.4) is 0 Å². The first-order valence-corrected chi connectivity index (χ1v) is 7.55. The molecule has 0 aromatic heterocycles. The van der Waals surface area contributed by atoms with Gasteiger partial charge >= 0.3 is 0 Å². The number of benzene rings is 2. The van der Waals surface area contributed by atoms with Crippen molar-refractivity contribution in [2.45, 2.75) is 19.6 Å². The van der Waals surface area contributed by atoms with Crippen molar-refractivity contribution in [3.8, 4) is 5.75 Å². The summed E-state index contributed by atoms with van der Waals surface area (Å²) in [5, 5.41) is 25.8. The number of rotatable bonds is 7. The van der Waals surface area contributed by atoms with E-state index in [2.05, 4.69) is 10.6 Å². The molecule has 0 spiro atoms. The Kier molecular flexibility index (Phi) is 5.91. The number of nitrogens with zero attached hydrogens (tertiary/aromatic N) is 1. The first kappa shape index (κ1) is 18.2. The molecule has 0 aliphatic carbocycles. The number of nitro groups is 1. The van der Waals surface area contributed by atoms with Crippen molar-refractivity contribution < 1.29 is 19.6 Å². The maximum atomic E-state index is 12.4. The zero-order valence-electron chi connectivity index (χ0n) is 13.9. The average Bonchev–Trinajstić information content (AvgIpc) is 2.62. The van der Waals surface area contributed by atoms with Crippen molar-refractivity contribution >= 4 is 23.0 Å². The standard InChI is InChI=1S/C17H19N3O5/c1-11(18-14-6-4-3-5-12(14)10-21)17(22)19-15-8-7-13(20(23)24)9-16(15)25-2/h3-9,11,18,21H,10H2,1-2H3,(H,19,22). The quantitative estimate of drug-likeness (QED) is 0.525. The summed E-state index contributed by atoms with van der Waals surface area (Å²) in [6, 6.07) is 10.5. The molecule has 0 aliphatic rings. The highest BCUT2D eigenvalue weighted by Crippen LogP contribution is 2.29. The number of ether oxygens (including phenoxy) is 1. The van der Waals surface area contributed by atoms with Crippen LogP contribution in [0.25, 0.3) is 0 Å². The highest BCUT2D eigenvalue weighted by molar-refractivity contribution is 5.97. The van der Waals surface area contributed by atoms with E-state index in [4.69, 9.17) is 4.74 Å². The third-order valence-corrected chi connectivity index (χ3v) is 3.61. The van der Waals surface area contributed by atoms with Crippen molar-refractivity contribution in [2.75, 3.05) is 17.7 Å². The lowest BCUT2D eigenvalue weighted by atomic mass is 10.1. The van der Waals surface area contributed by atoms with Crippen molar-refractivity contribution in [3.63, 3.8) is 0 Å². The largest absolute Gasteiger partial charge is 0.494 e. The Morgan fingerprint density at radius 2 is 2.00 bits per heavy atom. The van der Waals surface area contributed by atoms with Gasteiger partial charge in [-0.1, -0.05) is 18.2 Å². The second kappa shape index (κ2) is 8.11. The van der Waals surface area contributed by atoms with Crippen molar-refractivity contribution in [3.05, 3.63) is 58.1 Å². The van der Waals surface area contributed by atoms with Crippen LogP contribution in [0.15, 0.2) is 42.5 Å². The van der Waals surface area contributed by atoms with E-state index >= 15 is 0 Å². The Bertz CT molecular complexity index is 779. The molecule has 0 aliphatic heterocycles. The molecule has 132 valence electrons. The fraction of sp³-hybridized carbons (Fsp3) is 0.235. The van der Waals surface area contributed by atoms with Gasteiger partial charge in [-0.25, -0.2) is 0 Å². The predicted molar refractivity (Wildman–Crippen MR) is 93.7 cm³/mol. The Balaban J connectivity index is 2.12. The van der Waals surface area contributed by atoms with Gasteiger partial charge in [0.15, 0.2) is 0 Å². The second-order valence-electron chi connectivity index (χ2n) is 5.31. The lowest BCUT2D eigenvalue weighted by Crippen LogP contribution is -2.32. The second-order valence-corrected chi connectivity index (χ2v) is 5.31. The highest BCUT2D eigenvalue weighted by Gasteiger charge is 2.18. The minimum absolute atomic E-state index is 0.127. The van der Waals surface area contributed by atoms with Crippen LogP contribution in [0.1, 0.15) is 12.5 Å². The molecule has 0 fully saturated rings. The van der Waals surface area contributed by atoms with E-state index in [1.54, 1.807) is 31.2 Å². The molecule has 0 saturated heterocycles. The number of nitro benzene ring substituents is 1. The SMILES string of the molecule is COc1cc([N+](=O)[O-])ccc1NC(=O)C(C)Nc1ccccc1CO. The number of methoxy groups -OCH3 is 1. The fourth-order valence-electron chi connectivity index (χ4n) is 2.24. The van der Waals surface area contributed by atoms with E-state index in [1.165, 1.54) is 25.3 Å². The van der Waals surface area contributed by atoms with Crippen LogP contribution in [0.2, 0.25) is 0 Å². The number of hydrogen-bond acceptors (Lipinski definition) is 6. The lowest BCUT2D eigenvalue weighted by Gasteiger charge is -2.18. The number of anilines is 2. The summed E-state index contributed by atoms with van der Waals surface area (Å²) in [4.78, 5) is 22.6. The fourth-order valence-corrected chi connectivity index (χ4v) is 2.24. The van der Waals surface area contributed by atoms with E-state index in [0.29, 0.717) is 16.9 Å². The number of aliphatic hydroxyl groups excluding tert-OH is 1. The summed E-state index contributed by atoms with van der Waals surface area (Å²) in [7, 11) is 1.37. The lowest BCUT2D eigenvalue weighted by molar-refractivity contribution is -0.384. The molecule has 8 heteroatoms.